The second-order valence-corrected chi connectivity index (χ2v) is 7.47. The molecule has 0 aliphatic rings. The van der Waals surface area contributed by atoms with E-state index in [1.54, 1.807) is 0 Å². The fraction of sp³-hybridized carbons (Fsp3) is 0.208. The quantitative estimate of drug-likeness (QED) is 0.348. The summed E-state index contributed by atoms with van der Waals surface area (Å²) in [5.74, 6) is 0.852. The van der Waals surface area contributed by atoms with Crippen molar-refractivity contribution in [2.75, 3.05) is 0 Å². The Morgan fingerprint density at radius 2 is 1.50 bits per heavy atom. The van der Waals surface area contributed by atoms with E-state index in [0.29, 0.717) is 5.75 Å². The zero-order chi connectivity index (χ0) is 20.0. The van der Waals surface area contributed by atoms with Crippen LogP contribution in [0.25, 0.3) is 0 Å². The standard InChI is InChI=1S/C24H23ClO3/c1-18(2)24(25,20-11-5-3-6-12-20)23(26)27-17-19-10-9-15-22(16-19)28-21-13-7-4-8-14-21/h3-16,18H,17H2,1-2H3. The fourth-order valence-electron chi connectivity index (χ4n) is 2.94. The molecule has 3 aromatic rings. The van der Waals surface area contributed by atoms with Crippen molar-refractivity contribution in [1.82, 2.24) is 0 Å². The van der Waals surface area contributed by atoms with Crippen LogP contribution in [0.1, 0.15) is 25.0 Å². The number of para-hydroxylation sites is 1. The van der Waals surface area contributed by atoms with Crippen molar-refractivity contribution in [3.63, 3.8) is 0 Å². The average molecular weight is 395 g/mol. The van der Waals surface area contributed by atoms with Crippen LogP contribution in [-0.4, -0.2) is 5.97 Å². The Labute approximate surface area is 170 Å². The van der Waals surface area contributed by atoms with Crippen LogP contribution in [0.3, 0.4) is 0 Å². The van der Waals surface area contributed by atoms with Gasteiger partial charge in [0.15, 0.2) is 4.87 Å². The van der Waals surface area contributed by atoms with Crippen molar-refractivity contribution in [2.45, 2.75) is 25.3 Å². The summed E-state index contributed by atoms with van der Waals surface area (Å²) >= 11 is 6.76. The van der Waals surface area contributed by atoms with Gasteiger partial charge in [0.25, 0.3) is 0 Å². The maximum atomic E-state index is 12.9. The van der Waals surface area contributed by atoms with Crippen molar-refractivity contribution in [3.8, 4) is 11.5 Å². The molecule has 0 amide bonds. The molecule has 0 fully saturated rings. The number of alkyl halides is 1. The van der Waals surface area contributed by atoms with Gasteiger partial charge >= 0.3 is 5.97 Å². The molecule has 0 N–H and O–H groups in total. The van der Waals surface area contributed by atoms with Gasteiger partial charge in [-0.3, -0.25) is 0 Å². The van der Waals surface area contributed by atoms with Crippen molar-refractivity contribution >= 4 is 17.6 Å². The van der Waals surface area contributed by atoms with Gasteiger partial charge in [-0.15, -0.1) is 11.6 Å². The van der Waals surface area contributed by atoms with Gasteiger partial charge in [-0.25, -0.2) is 4.79 Å². The second-order valence-electron chi connectivity index (χ2n) is 6.87. The lowest BCUT2D eigenvalue weighted by Crippen LogP contribution is -2.36. The van der Waals surface area contributed by atoms with Gasteiger partial charge in [0.05, 0.1) is 0 Å². The minimum absolute atomic E-state index is 0.124. The van der Waals surface area contributed by atoms with Crippen molar-refractivity contribution in [3.05, 3.63) is 96.1 Å². The largest absolute Gasteiger partial charge is 0.459 e. The van der Waals surface area contributed by atoms with Crippen LogP contribution >= 0.6 is 11.6 Å². The fourth-order valence-corrected chi connectivity index (χ4v) is 3.13. The highest BCUT2D eigenvalue weighted by Gasteiger charge is 2.43. The summed E-state index contributed by atoms with van der Waals surface area (Å²) in [5, 5.41) is 0. The molecule has 0 saturated carbocycles. The Hall–Kier alpha value is -2.78. The predicted octanol–water partition coefficient (Wildman–Crippen LogP) is 6.31. The first-order valence-corrected chi connectivity index (χ1v) is 9.61. The highest BCUT2D eigenvalue weighted by molar-refractivity contribution is 6.34. The van der Waals surface area contributed by atoms with E-state index in [1.165, 1.54) is 0 Å². The Balaban J connectivity index is 1.71. The number of halogens is 1. The molecular weight excluding hydrogens is 372 g/mol. The van der Waals surface area contributed by atoms with E-state index in [-0.39, 0.29) is 12.5 Å². The van der Waals surface area contributed by atoms with E-state index in [4.69, 9.17) is 21.1 Å². The minimum Gasteiger partial charge on any atom is -0.459 e. The van der Waals surface area contributed by atoms with E-state index in [2.05, 4.69) is 0 Å². The molecular formula is C24H23ClO3. The van der Waals surface area contributed by atoms with Crippen LogP contribution in [0, 0.1) is 5.92 Å². The van der Waals surface area contributed by atoms with Gasteiger partial charge in [-0.2, -0.15) is 0 Å². The van der Waals surface area contributed by atoms with E-state index in [0.717, 1.165) is 16.9 Å². The maximum absolute atomic E-state index is 12.9. The highest BCUT2D eigenvalue weighted by atomic mass is 35.5. The van der Waals surface area contributed by atoms with Crippen molar-refractivity contribution in [1.29, 1.82) is 0 Å². The number of rotatable bonds is 7. The van der Waals surface area contributed by atoms with Crippen LogP contribution in [0.5, 0.6) is 11.5 Å². The summed E-state index contributed by atoms with van der Waals surface area (Å²) in [7, 11) is 0. The SMILES string of the molecule is CC(C)C(Cl)(C(=O)OCc1cccc(Oc2ccccc2)c1)c1ccccc1. The molecule has 0 saturated heterocycles. The zero-order valence-electron chi connectivity index (χ0n) is 16.0. The third-order valence-electron chi connectivity index (χ3n) is 4.53. The molecule has 0 aliphatic heterocycles. The van der Waals surface area contributed by atoms with Gasteiger partial charge in [0, 0.05) is 0 Å². The predicted molar refractivity (Wildman–Crippen MR) is 112 cm³/mol. The molecule has 0 spiro atoms. The molecule has 3 aromatic carbocycles. The van der Waals surface area contributed by atoms with Crippen LogP contribution < -0.4 is 4.74 Å². The summed E-state index contributed by atoms with van der Waals surface area (Å²) in [5.41, 5.74) is 1.57. The zero-order valence-corrected chi connectivity index (χ0v) is 16.7. The summed E-state index contributed by atoms with van der Waals surface area (Å²) in [6, 6.07) is 26.3. The van der Waals surface area contributed by atoms with E-state index in [9.17, 15) is 4.79 Å². The minimum atomic E-state index is -1.22. The van der Waals surface area contributed by atoms with Crippen molar-refractivity contribution < 1.29 is 14.3 Å². The first-order chi connectivity index (χ1) is 13.5. The van der Waals surface area contributed by atoms with E-state index in [1.807, 2.05) is 98.8 Å². The molecule has 0 heterocycles. The Morgan fingerprint density at radius 1 is 0.893 bits per heavy atom. The average Bonchev–Trinajstić information content (AvgIpc) is 2.73. The van der Waals surface area contributed by atoms with Crippen LogP contribution in [0.2, 0.25) is 0 Å². The number of carbonyl (C=O) groups excluding carboxylic acids is 1. The molecule has 0 aliphatic carbocycles. The monoisotopic (exact) mass is 394 g/mol. The summed E-state index contributed by atoms with van der Waals surface area (Å²) < 4.78 is 11.4. The molecule has 1 unspecified atom stereocenters. The first kappa shape index (κ1) is 20.0. The summed E-state index contributed by atoms with van der Waals surface area (Å²) in [6.45, 7) is 3.95. The number of ether oxygens (including phenoxy) is 2. The normalized spacial score (nSPS) is 13.0. The maximum Gasteiger partial charge on any atom is 0.332 e. The van der Waals surface area contributed by atoms with Gasteiger partial charge in [-0.1, -0.05) is 74.5 Å². The third kappa shape index (κ3) is 4.55. The van der Waals surface area contributed by atoms with Gasteiger partial charge in [-0.05, 0) is 41.3 Å². The number of hydrogen-bond donors (Lipinski definition) is 0. The van der Waals surface area contributed by atoms with Gasteiger partial charge in [0.1, 0.15) is 18.1 Å². The van der Waals surface area contributed by atoms with Crippen LogP contribution in [0.4, 0.5) is 0 Å². The lowest BCUT2D eigenvalue weighted by atomic mass is 9.87. The Kier molecular flexibility index (Phi) is 6.37. The van der Waals surface area contributed by atoms with Crippen LogP contribution in [-0.2, 0) is 21.0 Å². The number of benzene rings is 3. The van der Waals surface area contributed by atoms with Gasteiger partial charge in [0.2, 0.25) is 0 Å². The molecule has 28 heavy (non-hydrogen) atoms. The van der Waals surface area contributed by atoms with Crippen LogP contribution in [0.15, 0.2) is 84.9 Å². The molecule has 0 bridgehead atoms. The second kappa shape index (κ2) is 8.94. The highest BCUT2D eigenvalue weighted by Crippen LogP contribution is 2.38. The smallest absolute Gasteiger partial charge is 0.332 e. The number of carbonyl (C=O) groups is 1. The lowest BCUT2D eigenvalue weighted by molar-refractivity contribution is -0.150. The van der Waals surface area contributed by atoms with Gasteiger partial charge < -0.3 is 9.47 Å². The van der Waals surface area contributed by atoms with E-state index < -0.39 is 10.8 Å². The third-order valence-corrected chi connectivity index (χ3v) is 5.34. The number of esters is 1. The lowest BCUT2D eigenvalue weighted by Gasteiger charge is -2.29. The first-order valence-electron chi connectivity index (χ1n) is 9.23. The molecule has 144 valence electrons. The summed E-state index contributed by atoms with van der Waals surface area (Å²) in [4.78, 5) is 11.6. The number of hydrogen-bond acceptors (Lipinski definition) is 3. The topological polar surface area (TPSA) is 35.5 Å². The molecule has 1 atom stereocenters. The Bertz CT molecular complexity index is 909. The van der Waals surface area contributed by atoms with E-state index >= 15 is 0 Å². The summed E-state index contributed by atoms with van der Waals surface area (Å²) in [6.07, 6.45) is 0. The van der Waals surface area contributed by atoms with Crippen molar-refractivity contribution in [2.24, 2.45) is 5.92 Å². The molecule has 0 aromatic heterocycles. The molecule has 0 radical (unpaired) electrons. The Morgan fingerprint density at radius 3 is 2.14 bits per heavy atom. The molecule has 4 heteroatoms. The molecule has 3 rings (SSSR count). The molecule has 3 nitrogen and oxygen atoms in total.